The number of hydrogen-bond donors (Lipinski definition) is 2. The van der Waals surface area contributed by atoms with Gasteiger partial charge in [-0.05, 0) is 17.7 Å². The van der Waals surface area contributed by atoms with Crippen molar-refractivity contribution >= 4 is 33.7 Å². The van der Waals surface area contributed by atoms with Crippen molar-refractivity contribution in [1.82, 2.24) is 5.32 Å². The molecule has 0 unspecified atom stereocenters. The third-order valence-corrected chi connectivity index (χ3v) is 2.91. The van der Waals surface area contributed by atoms with Crippen LogP contribution in [0.1, 0.15) is 12.5 Å². The first kappa shape index (κ1) is 16.2. The average molecular weight is 343 g/mol. The summed E-state index contributed by atoms with van der Waals surface area (Å²) in [7, 11) is 0. The third-order valence-electron chi connectivity index (χ3n) is 2.41. The van der Waals surface area contributed by atoms with E-state index in [1.807, 2.05) is 24.3 Å². The fraction of sp³-hybridized carbons (Fsp3) is 0.308. The highest BCUT2D eigenvalue weighted by molar-refractivity contribution is 9.10. The van der Waals surface area contributed by atoms with E-state index in [0.717, 1.165) is 10.0 Å². The van der Waals surface area contributed by atoms with Gasteiger partial charge in [0.2, 0.25) is 5.91 Å². The van der Waals surface area contributed by atoms with Crippen LogP contribution in [0.3, 0.4) is 0 Å². The molecule has 6 nitrogen and oxygen atoms in total. The topological polar surface area (TPSA) is 98.5 Å². The monoisotopic (exact) mass is 342 g/mol. The number of halogens is 1. The zero-order valence-electron chi connectivity index (χ0n) is 10.9. The van der Waals surface area contributed by atoms with Crippen LogP contribution >= 0.6 is 15.9 Å². The van der Waals surface area contributed by atoms with Gasteiger partial charge in [-0.15, -0.1) is 0 Å². The molecule has 0 heterocycles. The smallest absolute Gasteiger partial charge is 0.303 e. The van der Waals surface area contributed by atoms with Crippen molar-refractivity contribution in [2.75, 3.05) is 6.61 Å². The zero-order chi connectivity index (χ0) is 15.1. The van der Waals surface area contributed by atoms with Gasteiger partial charge in [0.15, 0.2) is 6.61 Å². The second kappa shape index (κ2) is 7.64. The summed E-state index contributed by atoms with van der Waals surface area (Å²) < 4.78 is 5.41. The number of hydrogen-bond acceptors (Lipinski definition) is 4. The Morgan fingerprint density at radius 2 is 2.10 bits per heavy atom. The van der Waals surface area contributed by atoms with Gasteiger partial charge in [-0.2, -0.15) is 0 Å². The lowest BCUT2D eigenvalue weighted by atomic mass is 10.1. The first-order valence-electron chi connectivity index (χ1n) is 5.85. The van der Waals surface area contributed by atoms with Gasteiger partial charge in [0.25, 0.3) is 5.91 Å². The summed E-state index contributed by atoms with van der Waals surface area (Å²) in [5.74, 6) is -1.79. The number of ether oxygens (including phenoxy) is 1. The van der Waals surface area contributed by atoms with E-state index in [1.54, 1.807) is 0 Å². The molecular weight excluding hydrogens is 328 g/mol. The number of rotatable bonds is 6. The van der Waals surface area contributed by atoms with E-state index in [4.69, 9.17) is 5.73 Å². The highest BCUT2D eigenvalue weighted by Crippen LogP contribution is 2.13. The summed E-state index contributed by atoms with van der Waals surface area (Å²) in [5.41, 5.74) is 6.10. The molecule has 0 aliphatic carbocycles. The Hall–Kier alpha value is -1.89. The van der Waals surface area contributed by atoms with E-state index in [9.17, 15) is 14.4 Å². The van der Waals surface area contributed by atoms with Crippen LogP contribution in [0.15, 0.2) is 28.7 Å². The molecule has 0 aliphatic rings. The van der Waals surface area contributed by atoms with Gasteiger partial charge < -0.3 is 15.8 Å². The lowest BCUT2D eigenvalue weighted by Gasteiger charge is -2.15. The second-order valence-electron chi connectivity index (χ2n) is 4.14. The highest BCUT2D eigenvalue weighted by Gasteiger charge is 2.19. The van der Waals surface area contributed by atoms with Crippen molar-refractivity contribution in [2.45, 2.75) is 19.4 Å². The van der Waals surface area contributed by atoms with E-state index in [1.165, 1.54) is 6.92 Å². The number of benzene rings is 1. The van der Waals surface area contributed by atoms with E-state index < -0.39 is 30.4 Å². The van der Waals surface area contributed by atoms with Crippen molar-refractivity contribution in [3.8, 4) is 0 Å². The Morgan fingerprint density at radius 3 is 2.65 bits per heavy atom. The highest BCUT2D eigenvalue weighted by atomic mass is 79.9. The molecule has 1 aromatic carbocycles. The average Bonchev–Trinajstić information content (AvgIpc) is 2.35. The SMILES string of the molecule is CC(=O)OCC(=O)N[C@@H](Cc1cccc(Br)c1)C(N)=O. The summed E-state index contributed by atoms with van der Waals surface area (Å²) in [6.07, 6.45) is 0.264. The van der Waals surface area contributed by atoms with Crippen LogP contribution in [0.5, 0.6) is 0 Å². The van der Waals surface area contributed by atoms with Crippen molar-refractivity contribution in [1.29, 1.82) is 0 Å². The van der Waals surface area contributed by atoms with Crippen LogP contribution in [0.2, 0.25) is 0 Å². The number of carbonyl (C=O) groups is 3. The number of primary amides is 1. The minimum atomic E-state index is -0.854. The number of nitrogens with one attached hydrogen (secondary N) is 1. The fourth-order valence-corrected chi connectivity index (χ4v) is 1.97. The number of esters is 1. The van der Waals surface area contributed by atoms with Crippen LogP contribution < -0.4 is 11.1 Å². The molecule has 0 spiro atoms. The number of amides is 2. The molecule has 1 aromatic rings. The van der Waals surface area contributed by atoms with Crippen LogP contribution in [-0.2, 0) is 25.5 Å². The molecule has 0 radical (unpaired) electrons. The Balaban J connectivity index is 2.63. The Morgan fingerprint density at radius 1 is 1.40 bits per heavy atom. The van der Waals surface area contributed by atoms with Gasteiger partial charge in [-0.1, -0.05) is 28.1 Å². The Bertz CT molecular complexity index is 519. The van der Waals surface area contributed by atoms with Gasteiger partial charge in [0.1, 0.15) is 6.04 Å². The number of nitrogens with two attached hydrogens (primary N) is 1. The van der Waals surface area contributed by atoms with Gasteiger partial charge in [0.05, 0.1) is 0 Å². The molecule has 108 valence electrons. The summed E-state index contributed by atoms with van der Waals surface area (Å²) in [6.45, 7) is 0.762. The Kier molecular flexibility index (Phi) is 6.17. The molecule has 0 fully saturated rings. The third kappa shape index (κ3) is 5.83. The molecule has 1 atom stereocenters. The maximum absolute atomic E-state index is 11.5. The summed E-state index contributed by atoms with van der Waals surface area (Å²) in [4.78, 5) is 33.5. The predicted molar refractivity (Wildman–Crippen MR) is 75.6 cm³/mol. The minimum Gasteiger partial charge on any atom is -0.456 e. The standard InChI is InChI=1S/C13H15BrN2O4/c1-8(17)20-7-12(18)16-11(13(15)19)6-9-3-2-4-10(14)5-9/h2-5,11H,6-7H2,1H3,(H2,15,19)(H,16,18)/t11-/m0/s1. The van der Waals surface area contributed by atoms with Gasteiger partial charge in [0, 0.05) is 17.8 Å². The quantitative estimate of drug-likeness (QED) is 0.736. The van der Waals surface area contributed by atoms with Gasteiger partial charge >= 0.3 is 5.97 Å². The summed E-state index contributed by atoms with van der Waals surface area (Å²) in [6, 6.07) is 6.46. The van der Waals surface area contributed by atoms with E-state index in [2.05, 4.69) is 26.0 Å². The maximum atomic E-state index is 11.5. The Labute approximate surface area is 124 Å². The molecule has 0 aromatic heterocycles. The summed E-state index contributed by atoms with van der Waals surface area (Å²) in [5, 5.41) is 2.43. The molecular formula is C13H15BrN2O4. The van der Waals surface area contributed by atoms with Crippen LogP contribution in [-0.4, -0.2) is 30.4 Å². The lowest BCUT2D eigenvalue weighted by Crippen LogP contribution is -2.47. The maximum Gasteiger partial charge on any atom is 0.303 e. The molecule has 1 rings (SSSR count). The van der Waals surface area contributed by atoms with E-state index in [0.29, 0.717) is 0 Å². The largest absolute Gasteiger partial charge is 0.456 e. The van der Waals surface area contributed by atoms with Crippen molar-refractivity contribution in [2.24, 2.45) is 5.73 Å². The van der Waals surface area contributed by atoms with Gasteiger partial charge in [-0.3, -0.25) is 14.4 Å². The first-order valence-corrected chi connectivity index (χ1v) is 6.64. The predicted octanol–water partition coefficient (Wildman–Crippen LogP) is 0.525. The first-order chi connectivity index (χ1) is 9.38. The molecule has 2 amide bonds. The molecule has 0 saturated heterocycles. The molecule has 3 N–H and O–H groups in total. The van der Waals surface area contributed by atoms with Crippen molar-refractivity contribution in [3.05, 3.63) is 34.3 Å². The normalized spacial score (nSPS) is 11.5. The van der Waals surface area contributed by atoms with Crippen molar-refractivity contribution in [3.63, 3.8) is 0 Å². The zero-order valence-corrected chi connectivity index (χ0v) is 12.5. The molecule has 0 bridgehead atoms. The molecule has 0 saturated carbocycles. The van der Waals surface area contributed by atoms with E-state index >= 15 is 0 Å². The number of carbonyl (C=O) groups excluding carboxylic acids is 3. The van der Waals surface area contributed by atoms with Crippen LogP contribution in [0.4, 0.5) is 0 Å². The second-order valence-corrected chi connectivity index (χ2v) is 5.05. The van der Waals surface area contributed by atoms with Crippen molar-refractivity contribution < 1.29 is 19.1 Å². The van der Waals surface area contributed by atoms with Gasteiger partial charge in [-0.25, -0.2) is 0 Å². The van der Waals surface area contributed by atoms with E-state index in [-0.39, 0.29) is 6.42 Å². The molecule has 20 heavy (non-hydrogen) atoms. The molecule has 0 aliphatic heterocycles. The minimum absolute atomic E-state index is 0.264. The fourth-order valence-electron chi connectivity index (χ4n) is 1.53. The van der Waals surface area contributed by atoms with Crippen LogP contribution in [0.25, 0.3) is 0 Å². The lowest BCUT2D eigenvalue weighted by molar-refractivity contribution is -0.146. The van der Waals surface area contributed by atoms with Crippen LogP contribution in [0, 0.1) is 0 Å². The molecule has 7 heteroatoms. The summed E-state index contributed by atoms with van der Waals surface area (Å²) >= 11 is 3.32.